The topological polar surface area (TPSA) is 90.9 Å². The lowest BCUT2D eigenvalue weighted by atomic mass is 10.1. The van der Waals surface area contributed by atoms with E-state index in [9.17, 15) is 14.4 Å². The monoisotopic (exact) mass is 252 g/mol. The third-order valence-corrected chi connectivity index (χ3v) is 3.13. The van der Waals surface area contributed by atoms with Crippen molar-refractivity contribution >= 4 is 23.4 Å². The van der Waals surface area contributed by atoms with Crippen LogP contribution in [0, 0.1) is 0 Å². The van der Waals surface area contributed by atoms with Crippen LogP contribution in [0.25, 0.3) is 0 Å². The van der Waals surface area contributed by atoms with Gasteiger partial charge in [0, 0.05) is 25.9 Å². The molecule has 98 valence electrons. The summed E-state index contributed by atoms with van der Waals surface area (Å²) in [6, 6.07) is -0.438. The molecule has 18 heavy (non-hydrogen) atoms. The van der Waals surface area contributed by atoms with Gasteiger partial charge in [-0.25, -0.2) is 5.43 Å². The van der Waals surface area contributed by atoms with Gasteiger partial charge in [0.05, 0.1) is 0 Å². The van der Waals surface area contributed by atoms with Crippen molar-refractivity contribution in [2.75, 3.05) is 13.1 Å². The van der Waals surface area contributed by atoms with Gasteiger partial charge in [-0.1, -0.05) is 6.92 Å². The number of amides is 3. The van der Waals surface area contributed by atoms with Gasteiger partial charge >= 0.3 is 0 Å². The molecule has 7 nitrogen and oxygen atoms in total. The molecule has 3 amide bonds. The summed E-state index contributed by atoms with van der Waals surface area (Å²) in [5.74, 6) is -0.566. The van der Waals surface area contributed by atoms with Gasteiger partial charge < -0.3 is 10.2 Å². The Labute approximate surface area is 105 Å². The van der Waals surface area contributed by atoms with E-state index < -0.39 is 6.04 Å². The molecule has 1 saturated heterocycles. The molecule has 0 aliphatic carbocycles. The standard InChI is InChI=1S/C11H16N4O3/c1-2-8-10(17)12-5-6-15(8)11(18)7-3-4-9(16)14-13-7/h8H,2-6H2,1H3,(H,12,17)(H,14,16). The number of hydrazone groups is 1. The molecule has 2 rings (SSSR count). The summed E-state index contributed by atoms with van der Waals surface area (Å²) >= 11 is 0. The highest BCUT2D eigenvalue weighted by Crippen LogP contribution is 2.12. The third kappa shape index (κ3) is 2.34. The van der Waals surface area contributed by atoms with Gasteiger partial charge in [0.1, 0.15) is 11.8 Å². The van der Waals surface area contributed by atoms with Crippen LogP contribution in [0.4, 0.5) is 0 Å². The lowest BCUT2D eigenvalue weighted by Crippen LogP contribution is -2.58. The minimum absolute atomic E-state index is 0.127. The second kappa shape index (κ2) is 5.16. The zero-order chi connectivity index (χ0) is 13.1. The van der Waals surface area contributed by atoms with Crippen LogP contribution in [-0.2, 0) is 14.4 Å². The molecule has 0 saturated carbocycles. The number of rotatable bonds is 2. The van der Waals surface area contributed by atoms with Crippen molar-refractivity contribution in [3.63, 3.8) is 0 Å². The van der Waals surface area contributed by atoms with Crippen LogP contribution in [0.5, 0.6) is 0 Å². The molecule has 2 aliphatic heterocycles. The smallest absolute Gasteiger partial charge is 0.270 e. The summed E-state index contributed by atoms with van der Waals surface area (Å²) in [7, 11) is 0. The fourth-order valence-electron chi connectivity index (χ4n) is 2.16. The van der Waals surface area contributed by atoms with Gasteiger partial charge in [-0.05, 0) is 6.42 Å². The first-order valence-electron chi connectivity index (χ1n) is 6.07. The van der Waals surface area contributed by atoms with Crippen LogP contribution < -0.4 is 10.7 Å². The summed E-state index contributed by atoms with van der Waals surface area (Å²) in [5.41, 5.74) is 2.62. The van der Waals surface area contributed by atoms with Gasteiger partial charge in [-0.3, -0.25) is 14.4 Å². The summed E-state index contributed by atoms with van der Waals surface area (Å²) in [6.45, 7) is 2.80. The predicted octanol–water partition coefficient (Wildman–Crippen LogP) is -1.01. The number of hydrogen-bond acceptors (Lipinski definition) is 4. The molecule has 1 atom stereocenters. The van der Waals surface area contributed by atoms with Crippen LogP contribution in [0.15, 0.2) is 5.10 Å². The van der Waals surface area contributed by atoms with Crippen molar-refractivity contribution in [1.82, 2.24) is 15.6 Å². The molecule has 2 aliphatic rings. The number of hydrogen-bond donors (Lipinski definition) is 2. The quantitative estimate of drug-likeness (QED) is 0.659. The largest absolute Gasteiger partial charge is 0.353 e. The Bertz CT molecular complexity index is 419. The molecule has 0 bridgehead atoms. The van der Waals surface area contributed by atoms with Crippen LogP contribution in [0.2, 0.25) is 0 Å². The maximum Gasteiger partial charge on any atom is 0.270 e. The van der Waals surface area contributed by atoms with Crippen molar-refractivity contribution < 1.29 is 14.4 Å². The lowest BCUT2D eigenvalue weighted by Gasteiger charge is -2.34. The Kier molecular flexibility index (Phi) is 3.59. The van der Waals surface area contributed by atoms with Crippen LogP contribution >= 0.6 is 0 Å². The highest BCUT2D eigenvalue weighted by atomic mass is 16.2. The minimum atomic E-state index is -0.438. The van der Waals surface area contributed by atoms with Crippen LogP contribution in [0.1, 0.15) is 26.2 Å². The van der Waals surface area contributed by atoms with Gasteiger partial charge in [0.25, 0.3) is 5.91 Å². The zero-order valence-electron chi connectivity index (χ0n) is 10.2. The first-order chi connectivity index (χ1) is 8.63. The maximum atomic E-state index is 12.2. The number of nitrogens with one attached hydrogen (secondary N) is 2. The second-order valence-corrected chi connectivity index (χ2v) is 4.31. The molecule has 0 radical (unpaired) electrons. The van der Waals surface area contributed by atoms with E-state index in [1.807, 2.05) is 6.92 Å². The van der Waals surface area contributed by atoms with E-state index in [2.05, 4.69) is 15.8 Å². The number of carbonyl (C=O) groups excluding carboxylic acids is 3. The summed E-state index contributed by atoms with van der Waals surface area (Å²) in [6.07, 6.45) is 1.16. The molecule has 2 heterocycles. The molecular weight excluding hydrogens is 236 g/mol. The van der Waals surface area contributed by atoms with Crippen molar-refractivity contribution in [2.24, 2.45) is 5.10 Å². The molecule has 0 spiro atoms. The minimum Gasteiger partial charge on any atom is -0.353 e. The fourth-order valence-corrected chi connectivity index (χ4v) is 2.16. The second-order valence-electron chi connectivity index (χ2n) is 4.31. The highest BCUT2D eigenvalue weighted by molar-refractivity contribution is 6.39. The van der Waals surface area contributed by atoms with Crippen LogP contribution in [-0.4, -0.2) is 47.5 Å². The zero-order valence-corrected chi connectivity index (χ0v) is 10.2. The van der Waals surface area contributed by atoms with Gasteiger partial charge in [-0.2, -0.15) is 5.10 Å². The van der Waals surface area contributed by atoms with E-state index in [0.29, 0.717) is 31.6 Å². The first-order valence-corrected chi connectivity index (χ1v) is 6.07. The molecule has 1 fully saturated rings. The van der Waals surface area contributed by atoms with Gasteiger partial charge in [0.2, 0.25) is 11.8 Å². The molecule has 1 unspecified atom stereocenters. The van der Waals surface area contributed by atoms with E-state index in [1.165, 1.54) is 4.90 Å². The summed E-state index contributed by atoms with van der Waals surface area (Å²) in [4.78, 5) is 36.4. The summed E-state index contributed by atoms with van der Waals surface area (Å²) in [5, 5.41) is 6.51. The molecule has 2 N–H and O–H groups in total. The first kappa shape index (κ1) is 12.5. The molecule has 0 aromatic rings. The Morgan fingerprint density at radius 3 is 2.83 bits per heavy atom. The van der Waals surface area contributed by atoms with Crippen molar-refractivity contribution in [2.45, 2.75) is 32.2 Å². The Morgan fingerprint density at radius 2 is 2.22 bits per heavy atom. The molecule has 0 aromatic carbocycles. The summed E-state index contributed by atoms with van der Waals surface area (Å²) < 4.78 is 0. The third-order valence-electron chi connectivity index (χ3n) is 3.13. The van der Waals surface area contributed by atoms with E-state index in [0.717, 1.165) is 0 Å². The van der Waals surface area contributed by atoms with E-state index in [1.54, 1.807) is 0 Å². The van der Waals surface area contributed by atoms with Crippen LogP contribution in [0.3, 0.4) is 0 Å². The van der Waals surface area contributed by atoms with Crippen molar-refractivity contribution in [1.29, 1.82) is 0 Å². The number of piperazine rings is 1. The van der Waals surface area contributed by atoms with Crippen molar-refractivity contribution in [3.05, 3.63) is 0 Å². The van der Waals surface area contributed by atoms with Crippen molar-refractivity contribution in [3.8, 4) is 0 Å². The fraction of sp³-hybridized carbons (Fsp3) is 0.636. The highest BCUT2D eigenvalue weighted by Gasteiger charge is 2.34. The van der Waals surface area contributed by atoms with E-state index in [4.69, 9.17) is 0 Å². The number of carbonyl (C=O) groups is 3. The molecule has 0 aromatic heterocycles. The number of nitrogens with zero attached hydrogens (tertiary/aromatic N) is 2. The Balaban J connectivity index is 2.12. The average molecular weight is 252 g/mol. The molecule has 7 heteroatoms. The van der Waals surface area contributed by atoms with Gasteiger partial charge in [0.15, 0.2) is 0 Å². The maximum absolute atomic E-state index is 12.2. The van der Waals surface area contributed by atoms with Gasteiger partial charge in [-0.15, -0.1) is 0 Å². The van der Waals surface area contributed by atoms with E-state index >= 15 is 0 Å². The van der Waals surface area contributed by atoms with E-state index in [-0.39, 0.29) is 24.1 Å². The SMILES string of the molecule is CCC1C(=O)NCCN1C(=O)C1=NNC(=O)CC1. The normalized spacial score (nSPS) is 24.2. The lowest BCUT2D eigenvalue weighted by molar-refractivity contribution is -0.139. The predicted molar refractivity (Wildman–Crippen MR) is 63.6 cm³/mol. The average Bonchev–Trinajstić information content (AvgIpc) is 2.38. The Hall–Kier alpha value is -1.92. The Morgan fingerprint density at radius 1 is 1.44 bits per heavy atom. The molecular formula is C11H16N4O3.